The van der Waals surface area contributed by atoms with Gasteiger partial charge in [-0.05, 0) is 36.8 Å². The minimum Gasteiger partial charge on any atom is -0.466 e. The van der Waals surface area contributed by atoms with Gasteiger partial charge in [0.2, 0.25) is 11.8 Å². The number of amides is 2. The van der Waals surface area contributed by atoms with Crippen LogP contribution in [0.4, 0.5) is 5.69 Å². The molecule has 0 aliphatic carbocycles. The first kappa shape index (κ1) is 16.8. The van der Waals surface area contributed by atoms with Crippen molar-refractivity contribution >= 4 is 17.5 Å². The number of carbonyl (C=O) groups is 2. The molecule has 0 aliphatic rings. The molecule has 6 nitrogen and oxygen atoms in total. The molecule has 1 aromatic heterocycles. The second kappa shape index (κ2) is 7.11. The van der Waals surface area contributed by atoms with Crippen molar-refractivity contribution in [2.24, 2.45) is 0 Å². The summed E-state index contributed by atoms with van der Waals surface area (Å²) in [7, 11) is 0. The van der Waals surface area contributed by atoms with Gasteiger partial charge in [-0.3, -0.25) is 9.59 Å². The molecular formula is C17H20N2O4. The molecule has 0 spiro atoms. The Kier molecular flexibility index (Phi) is 5.18. The fourth-order valence-corrected chi connectivity index (χ4v) is 2.10. The molecule has 0 radical (unpaired) electrons. The van der Waals surface area contributed by atoms with E-state index in [0.29, 0.717) is 11.4 Å². The first-order valence-corrected chi connectivity index (χ1v) is 7.26. The maximum atomic E-state index is 12.0. The number of anilines is 1. The molecule has 3 N–H and O–H groups in total. The number of furan rings is 1. The minimum atomic E-state index is -1.26. The molecule has 2 aromatic rings. The third-order valence-corrected chi connectivity index (χ3v) is 3.32. The van der Waals surface area contributed by atoms with Crippen LogP contribution in [0.15, 0.2) is 47.1 Å². The molecule has 122 valence electrons. The monoisotopic (exact) mass is 316 g/mol. The Morgan fingerprint density at radius 3 is 2.48 bits per heavy atom. The summed E-state index contributed by atoms with van der Waals surface area (Å²) < 4.78 is 5.16. The third-order valence-electron chi connectivity index (χ3n) is 3.32. The SMILES string of the molecule is CC(=O)Nc1ccc(CC(=O)NCC(C)(O)c2ccco2)cc1. The molecule has 6 heteroatoms. The lowest BCUT2D eigenvalue weighted by Crippen LogP contribution is -2.39. The predicted octanol–water partition coefficient (Wildman–Crippen LogP) is 1.80. The highest BCUT2D eigenvalue weighted by molar-refractivity contribution is 5.88. The van der Waals surface area contributed by atoms with Crippen LogP contribution in [0.25, 0.3) is 0 Å². The van der Waals surface area contributed by atoms with Crippen molar-refractivity contribution < 1.29 is 19.1 Å². The van der Waals surface area contributed by atoms with Gasteiger partial charge in [0.05, 0.1) is 19.2 Å². The van der Waals surface area contributed by atoms with Crippen LogP contribution >= 0.6 is 0 Å². The number of benzene rings is 1. The van der Waals surface area contributed by atoms with E-state index in [-0.39, 0.29) is 24.8 Å². The summed E-state index contributed by atoms with van der Waals surface area (Å²) in [5, 5.41) is 15.6. The minimum absolute atomic E-state index is 0.0589. The van der Waals surface area contributed by atoms with E-state index in [2.05, 4.69) is 10.6 Å². The van der Waals surface area contributed by atoms with Crippen LogP contribution in [0.1, 0.15) is 25.2 Å². The van der Waals surface area contributed by atoms with Crippen LogP contribution in [0.3, 0.4) is 0 Å². The zero-order valence-corrected chi connectivity index (χ0v) is 13.1. The topological polar surface area (TPSA) is 91.6 Å². The smallest absolute Gasteiger partial charge is 0.224 e. The van der Waals surface area contributed by atoms with Crippen LogP contribution < -0.4 is 10.6 Å². The van der Waals surface area contributed by atoms with E-state index >= 15 is 0 Å². The number of carbonyl (C=O) groups excluding carboxylic acids is 2. The Morgan fingerprint density at radius 2 is 1.91 bits per heavy atom. The average Bonchev–Trinajstić information content (AvgIpc) is 3.02. The fourth-order valence-electron chi connectivity index (χ4n) is 2.10. The summed E-state index contributed by atoms with van der Waals surface area (Å²) >= 11 is 0. The van der Waals surface area contributed by atoms with Crippen molar-refractivity contribution in [2.45, 2.75) is 25.9 Å². The summed E-state index contributed by atoms with van der Waals surface area (Å²) in [5.74, 6) is 0.0530. The second-order valence-electron chi connectivity index (χ2n) is 5.58. The maximum Gasteiger partial charge on any atom is 0.224 e. The molecule has 0 saturated heterocycles. The largest absolute Gasteiger partial charge is 0.466 e. The lowest BCUT2D eigenvalue weighted by atomic mass is 10.0. The summed E-state index contributed by atoms with van der Waals surface area (Å²) in [6, 6.07) is 10.4. The van der Waals surface area contributed by atoms with E-state index < -0.39 is 5.60 Å². The first-order chi connectivity index (χ1) is 10.9. The number of rotatable bonds is 6. The Balaban J connectivity index is 1.86. The fraction of sp³-hybridized carbons (Fsp3) is 0.294. The van der Waals surface area contributed by atoms with Crippen LogP contribution in [-0.4, -0.2) is 23.5 Å². The molecule has 23 heavy (non-hydrogen) atoms. The highest BCUT2D eigenvalue weighted by atomic mass is 16.4. The Labute approximate surface area is 134 Å². The molecule has 0 saturated carbocycles. The predicted molar refractivity (Wildman–Crippen MR) is 85.7 cm³/mol. The first-order valence-electron chi connectivity index (χ1n) is 7.26. The molecule has 2 rings (SSSR count). The lowest BCUT2D eigenvalue weighted by molar-refractivity contribution is -0.121. The maximum absolute atomic E-state index is 12.0. The molecule has 1 heterocycles. The van der Waals surface area contributed by atoms with Crippen LogP contribution in [0, 0.1) is 0 Å². The van der Waals surface area contributed by atoms with Crippen molar-refractivity contribution in [3.8, 4) is 0 Å². The van der Waals surface area contributed by atoms with Crippen molar-refractivity contribution in [1.82, 2.24) is 5.32 Å². The quantitative estimate of drug-likeness (QED) is 0.758. The van der Waals surface area contributed by atoms with Gasteiger partial charge >= 0.3 is 0 Å². The summed E-state index contributed by atoms with van der Waals surface area (Å²) in [5.41, 5.74) is 0.241. The van der Waals surface area contributed by atoms with Crippen LogP contribution in [0.2, 0.25) is 0 Å². The number of nitrogens with one attached hydrogen (secondary N) is 2. The lowest BCUT2D eigenvalue weighted by Gasteiger charge is -2.21. The molecule has 1 unspecified atom stereocenters. The van der Waals surface area contributed by atoms with Gasteiger partial charge in [0.25, 0.3) is 0 Å². The van der Waals surface area contributed by atoms with Gasteiger partial charge in [-0.15, -0.1) is 0 Å². The van der Waals surface area contributed by atoms with Crippen molar-refractivity contribution in [2.75, 3.05) is 11.9 Å². The van der Waals surface area contributed by atoms with Gasteiger partial charge in [0.15, 0.2) is 0 Å². The van der Waals surface area contributed by atoms with Crippen LogP contribution in [-0.2, 0) is 21.6 Å². The van der Waals surface area contributed by atoms with Crippen molar-refractivity contribution in [1.29, 1.82) is 0 Å². The van der Waals surface area contributed by atoms with Gasteiger partial charge in [0, 0.05) is 12.6 Å². The Bertz CT molecular complexity index is 660. The highest BCUT2D eigenvalue weighted by Gasteiger charge is 2.26. The summed E-state index contributed by atoms with van der Waals surface area (Å²) in [6.45, 7) is 3.07. The van der Waals surface area contributed by atoms with E-state index in [1.807, 2.05) is 0 Å². The van der Waals surface area contributed by atoms with Gasteiger partial charge in [-0.2, -0.15) is 0 Å². The van der Waals surface area contributed by atoms with Crippen LogP contribution in [0.5, 0.6) is 0 Å². The molecule has 0 bridgehead atoms. The molecule has 1 aromatic carbocycles. The van der Waals surface area contributed by atoms with Gasteiger partial charge in [0.1, 0.15) is 11.4 Å². The number of hydrogen-bond acceptors (Lipinski definition) is 4. The van der Waals surface area contributed by atoms with E-state index in [1.54, 1.807) is 43.3 Å². The highest BCUT2D eigenvalue weighted by Crippen LogP contribution is 2.19. The zero-order valence-electron chi connectivity index (χ0n) is 13.1. The normalized spacial score (nSPS) is 13.2. The van der Waals surface area contributed by atoms with E-state index in [0.717, 1.165) is 5.56 Å². The average molecular weight is 316 g/mol. The van der Waals surface area contributed by atoms with Gasteiger partial charge in [-0.1, -0.05) is 12.1 Å². The standard InChI is InChI=1S/C17H20N2O4/c1-12(20)19-14-7-5-13(6-8-14)10-16(21)18-11-17(2,22)15-4-3-9-23-15/h3-9,22H,10-11H2,1-2H3,(H,18,21)(H,19,20). The number of hydrogen-bond donors (Lipinski definition) is 3. The van der Waals surface area contributed by atoms with E-state index in [9.17, 15) is 14.7 Å². The summed E-state index contributed by atoms with van der Waals surface area (Å²) in [6.07, 6.45) is 1.66. The third kappa shape index (κ3) is 4.96. The Hall–Kier alpha value is -2.60. The van der Waals surface area contributed by atoms with Gasteiger partial charge in [-0.25, -0.2) is 0 Å². The molecule has 1 atom stereocenters. The second-order valence-corrected chi connectivity index (χ2v) is 5.58. The summed E-state index contributed by atoms with van der Waals surface area (Å²) in [4.78, 5) is 22.9. The van der Waals surface area contributed by atoms with Crippen molar-refractivity contribution in [3.05, 3.63) is 54.0 Å². The molecule has 0 fully saturated rings. The molecule has 0 aliphatic heterocycles. The van der Waals surface area contributed by atoms with E-state index in [4.69, 9.17) is 4.42 Å². The molecule has 2 amide bonds. The van der Waals surface area contributed by atoms with Crippen molar-refractivity contribution in [3.63, 3.8) is 0 Å². The Morgan fingerprint density at radius 1 is 1.22 bits per heavy atom. The number of aliphatic hydroxyl groups is 1. The van der Waals surface area contributed by atoms with Gasteiger partial charge < -0.3 is 20.2 Å². The van der Waals surface area contributed by atoms with E-state index in [1.165, 1.54) is 13.2 Å². The zero-order chi connectivity index (χ0) is 16.9. The molecular weight excluding hydrogens is 296 g/mol.